The van der Waals surface area contributed by atoms with Crippen LogP contribution in [0.4, 0.5) is 0 Å². The number of aromatic nitrogens is 5. The molecule has 4 atom stereocenters. The van der Waals surface area contributed by atoms with Crippen molar-refractivity contribution in [1.82, 2.24) is 34.6 Å². The topological polar surface area (TPSA) is 81.3 Å². The van der Waals surface area contributed by atoms with Crippen molar-refractivity contribution in [3.8, 4) is 0 Å². The van der Waals surface area contributed by atoms with E-state index in [9.17, 15) is 4.79 Å². The Morgan fingerprint density at radius 2 is 2.03 bits per heavy atom. The molecule has 2 aromatic rings. The van der Waals surface area contributed by atoms with E-state index in [1.54, 1.807) is 6.20 Å². The summed E-state index contributed by atoms with van der Waals surface area (Å²) in [6.45, 7) is 3.96. The molecule has 32 heavy (non-hydrogen) atoms. The van der Waals surface area contributed by atoms with Gasteiger partial charge in [0.25, 0.3) is 0 Å². The summed E-state index contributed by atoms with van der Waals surface area (Å²) in [4.78, 5) is 17.0. The third-order valence-corrected chi connectivity index (χ3v) is 7.17. The van der Waals surface area contributed by atoms with Crippen molar-refractivity contribution in [3.05, 3.63) is 30.4 Å². The van der Waals surface area contributed by atoms with Crippen LogP contribution in [0.15, 0.2) is 24.7 Å². The first kappa shape index (κ1) is 21.6. The normalized spacial score (nSPS) is 27.8. The predicted molar refractivity (Wildman–Crippen MR) is 119 cm³/mol. The summed E-state index contributed by atoms with van der Waals surface area (Å²) < 4.78 is 10.3. The minimum atomic E-state index is 0.143. The van der Waals surface area contributed by atoms with Gasteiger partial charge in [0, 0.05) is 51.6 Å². The Morgan fingerprint density at radius 1 is 1.22 bits per heavy atom. The molecule has 1 aliphatic heterocycles. The van der Waals surface area contributed by atoms with Crippen LogP contribution in [0.1, 0.15) is 43.8 Å². The third-order valence-electron chi connectivity index (χ3n) is 7.17. The number of hydrogen-bond acceptors (Lipinski definition) is 6. The molecule has 174 valence electrons. The third kappa shape index (κ3) is 5.04. The molecule has 0 bridgehead atoms. The first-order valence-corrected chi connectivity index (χ1v) is 12.0. The molecule has 5 rings (SSSR count). The van der Waals surface area contributed by atoms with E-state index in [4.69, 9.17) is 4.74 Å². The molecule has 0 aromatic carbocycles. The van der Waals surface area contributed by atoms with Crippen LogP contribution in [0, 0.1) is 17.8 Å². The zero-order valence-electron chi connectivity index (χ0n) is 19.2. The Kier molecular flexibility index (Phi) is 6.28. The maximum Gasteiger partial charge on any atom is 0.224 e. The first-order valence-electron chi connectivity index (χ1n) is 12.0. The maximum atomic E-state index is 12.9. The quantitative estimate of drug-likeness (QED) is 0.591. The molecule has 1 saturated heterocycles. The molecule has 9 nitrogen and oxygen atoms in total. The molecule has 0 unspecified atom stereocenters. The van der Waals surface area contributed by atoms with Crippen molar-refractivity contribution < 1.29 is 9.53 Å². The lowest BCUT2D eigenvalue weighted by molar-refractivity contribution is -0.130. The van der Waals surface area contributed by atoms with Gasteiger partial charge >= 0.3 is 0 Å². The van der Waals surface area contributed by atoms with Gasteiger partial charge in [0.15, 0.2) is 0 Å². The second-order valence-electron chi connectivity index (χ2n) is 10.1. The van der Waals surface area contributed by atoms with Crippen LogP contribution in [-0.2, 0) is 22.6 Å². The molecule has 2 saturated carbocycles. The van der Waals surface area contributed by atoms with Crippen molar-refractivity contribution in [2.24, 2.45) is 17.8 Å². The average Bonchev–Trinajstić information content (AvgIpc) is 3.15. The summed E-state index contributed by atoms with van der Waals surface area (Å²) in [6.07, 6.45) is 11.0. The molecular formula is C23H35N7O2. The van der Waals surface area contributed by atoms with Gasteiger partial charge in [-0.3, -0.25) is 9.48 Å². The maximum absolute atomic E-state index is 12.9. The molecule has 0 radical (unpaired) electrons. The van der Waals surface area contributed by atoms with E-state index in [1.165, 1.54) is 12.8 Å². The molecule has 9 heteroatoms. The number of aryl methyl sites for hydroxylation is 1. The van der Waals surface area contributed by atoms with Gasteiger partial charge in [0.05, 0.1) is 24.0 Å². The van der Waals surface area contributed by atoms with Gasteiger partial charge < -0.3 is 14.5 Å². The van der Waals surface area contributed by atoms with Gasteiger partial charge in [-0.15, -0.1) is 5.10 Å². The van der Waals surface area contributed by atoms with E-state index in [-0.39, 0.29) is 18.1 Å². The highest BCUT2D eigenvalue weighted by molar-refractivity contribution is 5.76. The summed E-state index contributed by atoms with van der Waals surface area (Å²) in [5.41, 5.74) is 0.986. The standard InChI is InChI=1S/C23H35N7O2/c1-27(2)14-20-15-30(26-25-20)21-10-18-12-28(23(31)6-9-29-8-3-7-24-29)13-19(18)11-22(21)32-16-17-4-5-17/h3,7-8,15,17-19,21-22H,4-6,9-14,16H2,1-2H3/t18-,19+,21-,22-/m1/s1. The van der Waals surface area contributed by atoms with Crippen LogP contribution >= 0.6 is 0 Å². The Hall–Kier alpha value is -2.26. The Balaban J connectivity index is 1.24. The summed E-state index contributed by atoms with van der Waals surface area (Å²) in [7, 11) is 4.09. The minimum absolute atomic E-state index is 0.143. The van der Waals surface area contributed by atoms with Gasteiger partial charge in [-0.05, 0) is 63.6 Å². The van der Waals surface area contributed by atoms with Gasteiger partial charge in [0.2, 0.25) is 5.91 Å². The smallest absolute Gasteiger partial charge is 0.224 e. The molecule has 0 spiro atoms. The second kappa shape index (κ2) is 9.31. The fourth-order valence-electron chi connectivity index (χ4n) is 5.27. The molecule has 1 amide bonds. The van der Waals surface area contributed by atoms with Gasteiger partial charge in [0.1, 0.15) is 0 Å². The van der Waals surface area contributed by atoms with Gasteiger partial charge in [-0.1, -0.05) is 5.21 Å². The molecule has 2 aliphatic carbocycles. The van der Waals surface area contributed by atoms with E-state index in [0.29, 0.717) is 24.8 Å². The number of hydrogen-bond donors (Lipinski definition) is 0. The number of carbonyl (C=O) groups is 1. The predicted octanol–water partition coefficient (Wildman–Crippen LogP) is 1.83. The van der Waals surface area contributed by atoms with Crippen LogP contribution in [0.2, 0.25) is 0 Å². The van der Waals surface area contributed by atoms with Crippen LogP contribution in [-0.4, -0.2) is 80.4 Å². The van der Waals surface area contributed by atoms with E-state index in [2.05, 4.69) is 31.4 Å². The fraction of sp³-hybridized carbons (Fsp3) is 0.739. The number of nitrogens with zero attached hydrogens (tertiary/aromatic N) is 7. The number of fused-ring (bicyclic) bond motifs is 1. The largest absolute Gasteiger partial charge is 0.376 e. The minimum Gasteiger partial charge on any atom is -0.376 e. The molecule has 3 fully saturated rings. The van der Waals surface area contributed by atoms with Gasteiger partial charge in [-0.25, -0.2) is 4.68 Å². The Bertz CT molecular complexity index is 892. The first-order chi connectivity index (χ1) is 15.5. The highest BCUT2D eigenvalue weighted by Gasteiger charge is 2.45. The highest BCUT2D eigenvalue weighted by atomic mass is 16.5. The highest BCUT2D eigenvalue weighted by Crippen LogP contribution is 2.43. The van der Waals surface area contributed by atoms with Crippen LogP contribution in [0.3, 0.4) is 0 Å². The van der Waals surface area contributed by atoms with Crippen molar-refractivity contribution >= 4 is 5.91 Å². The Morgan fingerprint density at radius 3 is 2.75 bits per heavy atom. The monoisotopic (exact) mass is 441 g/mol. The van der Waals surface area contributed by atoms with Crippen molar-refractivity contribution in [1.29, 1.82) is 0 Å². The average molecular weight is 442 g/mol. The second-order valence-corrected chi connectivity index (χ2v) is 10.1. The van der Waals surface area contributed by atoms with Crippen LogP contribution in [0.5, 0.6) is 0 Å². The zero-order chi connectivity index (χ0) is 22.1. The summed E-state index contributed by atoms with van der Waals surface area (Å²) in [5.74, 6) is 1.97. The summed E-state index contributed by atoms with van der Waals surface area (Å²) in [6, 6.07) is 2.09. The van der Waals surface area contributed by atoms with Crippen LogP contribution < -0.4 is 0 Å². The fourth-order valence-corrected chi connectivity index (χ4v) is 5.27. The summed E-state index contributed by atoms with van der Waals surface area (Å²) >= 11 is 0. The van der Waals surface area contributed by atoms with Crippen LogP contribution in [0.25, 0.3) is 0 Å². The van der Waals surface area contributed by atoms with Gasteiger partial charge in [-0.2, -0.15) is 5.10 Å². The number of rotatable bonds is 9. The summed E-state index contributed by atoms with van der Waals surface area (Å²) in [5, 5.41) is 13.1. The van der Waals surface area contributed by atoms with E-state index in [1.807, 2.05) is 35.7 Å². The molecular weight excluding hydrogens is 406 g/mol. The number of likely N-dealkylation sites (tertiary alicyclic amines) is 1. The molecule has 2 aromatic heterocycles. The molecule has 3 heterocycles. The lowest BCUT2D eigenvalue weighted by Gasteiger charge is -2.37. The lowest BCUT2D eigenvalue weighted by atomic mass is 9.77. The SMILES string of the molecule is CN(C)Cc1cn([C@@H]2C[C@@H]3CN(C(=O)CCn4cccn4)C[C@@H]3C[C@H]2OCC2CC2)nn1. The lowest BCUT2D eigenvalue weighted by Crippen LogP contribution is -2.38. The van der Waals surface area contributed by atoms with Crippen molar-refractivity contribution in [2.75, 3.05) is 33.8 Å². The Labute approximate surface area is 189 Å². The van der Waals surface area contributed by atoms with E-state index in [0.717, 1.165) is 50.7 Å². The number of carbonyl (C=O) groups excluding carboxylic acids is 1. The van der Waals surface area contributed by atoms with E-state index >= 15 is 0 Å². The van der Waals surface area contributed by atoms with Crippen molar-refractivity contribution in [3.63, 3.8) is 0 Å². The van der Waals surface area contributed by atoms with E-state index < -0.39 is 0 Å². The van der Waals surface area contributed by atoms with Crippen molar-refractivity contribution in [2.45, 2.75) is 57.3 Å². The number of amides is 1. The number of ether oxygens (including phenoxy) is 1. The molecule has 0 N–H and O–H groups in total. The molecule has 3 aliphatic rings. The zero-order valence-corrected chi connectivity index (χ0v) is 19.2.